The van der Waals surface area contributed by atoms with Crippen LogP contribution in [0, 0.1) is 0 Å². The predicted octanol–water partition coefficient (Wildman–Crippen LogP) is 0.402. The third kappa shape index (κ3) is 6.07. The highest BCUT2D eigenvalue weighted by molar-refractivity contribution is 5.75. The number of para-hydroxylation sites is 1. The molecule has 4 atom stereocenters. The minimum absolute atomic E-state index is 0.0603. The highest BCUT2D eigenvalue weighted by Gasteiger charge is 2.26. The lowest BCUT2D eigenvalue weighted by molar-refractivity contribution is 0.185. The highest BCUT2D eigenvalue weighted by atomic mass is 16.2. The van der Waals surface area contributed by atoms with Crippen LogP contribution in [0.3, 0.4) is 0 Å². The van der Waals surface area contributed by atoms with Crippen LogP contribution in [0.25, 0.3) is 0 Å². The molecule has 0 aromatic heterocycles. The number of urea groups is 1. The van der Waals surface area contributed by atoms with Crippen LogP contribution in [-0.2, 0) is 6.42 Å². The molecule has 3 rings (SSSR count). The molecule has 8 nitrogen and oxygen atoms in total. The molecule has 0 bridgehead atoms. The topological polar surface area (TPSA) is 92.5 Å². The van der Waals surface area contributed by atoms with Gasteiger partial charge in [-0.05, 0) is 51.9 Å². The molecule has 1 saturated heterocycles. The van der Waals surface area contributed by atoms with Crippen molar-refractivity contribution in [2.45, 2.75) is 50.8 Å². The fraction of sp³-hybridized carbons (Fsp3) is 0.632. The second kappa shape index (κ2) is 9.36. The number of aryl methyl sites for hydroxylation is 1. The molecular weight excluding hydrogens is 342 g/mol. The number of benzene rings is 1. The zero-order valence-electron chi connectivity index (χ0n) is 16.5. The normalized spacial score (nSPS) is 27.6. The number of nitrogens with zero attached hydrogens (tertiary/aromatic N) is 1. The molecule has 150 valence electrons. The predicted molar refractivity (Wildman–Crippen MR) is 108 cm³/mol. The summed E-state index contributed by atoms with van der Waals surface area (Å²) in [7, 11) is 4.12. The van der Waals surface area contributed by atoms with E-state index in [1.807, 2.05) is 12.1 Å². The van der Waals surface area contributed by atoms with Crippen LogP contribution in [0.1, 0.15) is 25.3 Å². The van der Waals surface area contributed by atoms with E-state index in [0.717, 1.165) is 38.0 Å². The minimum Gasteiger partial charge on any atom is -0.365 e. The molecule has 0 spiro atoms. The Morgan fingerprint density at radius 1 is 1.19 bits per heavy atom. The van der Waals surface area contributed by atoms with Crippen molar-refractivity contribution in [2.24, 2.45) is 0 Å². The molecule has 2 heterocycles. The van der Waals surface area contributed by atoms with Crippen LogP contribution < -0.4 is 31.9 Å². The second-order valence-corrected chi connectivity index (χ2v) is 7.72. The molecule has 2 aliphatic heterocycles. The van der Waals surface area contributed by atoms with Gasteiger partial charge in [0.15, 0.2) is 0 Å². The average molecular weight is 376 g/mol. The number of carbonyl (C=O) groups is 1. The molecule has 0 radical (unpaired) electrons. The molecule has 6 N–H and O–H groups in total. The van der Waals surface area contributed by atoms with Gasteiger partial charge in [-0.15, -0.1) is 0 Å². The highest BCUT2D eigenvalue weighted by Crippen LogP contribution is 2.23. The molecule has 0 saturated carbocycles. The lowest BCUT2D eigenvalue weighted by atomic mass is 10.0. The van der Waals surface area contributed by atoms with E-state index in [0.29, 0.717) is 6.04 Å². The summed E-state index contributed by atoms with van der Waals surface area (Å²) in [5.74, 6) is 0. The van der Waals surface area contributed by atoms with Gasteiger partial charge in [-0.25, -0.2) is 4.79 Å². The second-order valence-electron chi connectivity index (χ2n) is 7.72. The standard InChI is InChI=1S/C19H33N7O/c1-13-12-17(20-10-11-26(2)3)23-18(21-13)25-19(27)24-16-9-8-14-6-4-5-7-15(14)22-16/h4-7,13,16-18,20-23H,8-12H2,1-3H3,(H2,24,25,27). The maximum atomic E-state index is 12.4. The molecule has 27 heavy (non-hydrogen) atoms. The minimum atomic E-state index is -0.263. The molecule has 4 unspecified atom stereocenters. The summed E-state index contributed by atoms with van der Waals surface area (Å²) in [5, 5.41) is 19.7. The Balaban J connectivity index is 1.44. The van der Waals surface area contributed by atoms with Gasteiger partial charge in [0.25, 0.3) is 0 Å². The molecular formula is C19H33N7O. The Morgan fingerprint density at radius 2 is 2.00 bits per heavy atom. The largest absolute Gasteiger partial charge is 0.365 e. The van der Waals surface area contributed by atoms with Crippen LogP contribution in [0.15, 0.2) is 24.3 Å². The molecule has 1 fully saturated rings. The summed E-state index contributed by atoms with van der Waals surface area (Å²) in [4.78, 5) is 14.6. The quantitative estimate of drug-likeness (QED) is 0.431. The summed E-state index contributed by atoms with van der Waals surface area (Å²) in [5.41, 5.74) is 2.40. The van der Waals surface area contributed by atoms with Crippen molar-refractivity contribution in [3.63, 3.8) is 0 Å². The molecule has 1 aromatic rings. The van der Waals surface area contributed by atoms with Crippen LogP contribution in [0.4, 0.5) is 10.5 Å². The van der Waals surface area contributed by atoms with E-state index >= 15 is 0 Å². The van der Waals surface area contributed by atoms with Crippen LogP contribution >= 0.6 is 0 Å². The van der Waals surface area contributed by atoms with E-state index < -0.39 is 0 Å². The van der Waals surface area contributed by atoms with Gasteiger partial charge < -0.3 is 26.2 Å². The summed E-state index contributed by atoms with van der Waals surface area (Å²) >= 11 is 0. The lowest BCUT2D eigenvalue weighted by Crippen LogP contribution is -2.68. The van der Waals surface area contributed by atoms with Crippen molar-refractivity contribution in [2.75, 3.05) is 32.5 Å². The van der Waals surface area contributed by atoms with E-state index in [2.05, 4.69) is 70.0 Å². The summed E-state index contributed by atoms with van der Waals surface area (Å²) in [6.07, 6.45) is 2.65. The Labute approximate surface area is 161 Å². The molecule has 1 aromatic carbocycles. The zero-order chi connectivity index (χ0) is 19.2. The smallest absolute Gasteiger partial charge is 0.318 e. The molecule has 8 heteroatoms. The van der Waals surface area contributed by atoms with Gasteiger partial charge in [-0.3, -0.25) is 10.6 Å². The summed E-state index contributed by atoms with van der Waals surface area (Å²) < 4.78 is 0. The fourth-order valence-electron chi connectivity index (χ4n) is 3.59. The number of anilines is 1. The Hall–Kier alpha value is -1.87. The first-order chi connectivity index (χ1) is 13.0. The number of hydrogen-bond acceptors (Lipinski definition) is 6. The van der Waals surface area contributed by atoms with E-state index in [9.17, 15) is 4.79 Å². The number of carbonyl (C=O) groups excluding carboxylic acids is 1. The third-order valence-corrected chi connectivity index (χ3v) is 4.99. The van der Waals surface area contributed by atoms with Crippen molar-refractivity contribution in [3.8, 4) is 0 Å². The van der Waals surface area contributed by atoms with Crippen LogP contribution in [0.2, 0.25) is 0 Å². The van der Waals surface area contributed by atoms with Gasteiger partial charge in [0.1, 0.15) is 12.5 Å². The molecule has 0 aliphatic carbocycles. The Kier molecular flexibility index (Phi) is 6.89. The van der Waals surface area contributed by atoms with Crippen LogP contribution in [0.5, 0.6) is 0 Å². The van der Waals surface area contributed by atoms with Gasteiger partial charge in [0, 0.05) is 24.8 Å². The number of rotatable bonds is 6. The number of fused-ring (bicyclic) bond motifs is 1. The summed E-state index contributed by atoms with van der Waals surface area (Å²) in [6, 6.07) is 8.36. The van der Waals surface area contributed by atoms with Crippen molar-refractivity contribution >= 4 is 11.7 Å². The average Bonchev–Trinajstić information content (AvgIpc) is 2.60. The first-order valence-electron chi connectivity index (χ1n) is 9.81. The SMILES string of the molecule is CC1CC(NCCN(C)C)NC(NC(=O)NC2CCc3ccccc3N2)N1. The number of nitrogens with one attached hydrogen (secondary N) is 6. The van der Waals surface area contributed by atoms with E-state index in [1.54, 1.807) is 0 Å². The zero-order valence-corrected chi connectivity index (χ0v) is 16.5. The number of hydrogen-bond donors (Lipinski definition) is 6. The van der Waals surface area contributed by atoms with Gasteiger partial charge in [0.2, 0.25) is 0 Å². The Morgan fingerprint density at radius 3 is 2.81 bits per heavy atom. The fourth-order valence-corrected chi connectivity index (χ4v) is 3.59. The molecule has 2 aliphatic rings. The van der Waals surface area contributed by atoms with Gasteiger partial charge >= 0.3 is 6.03 Å². The van der Waals surface area contributed by atoms with Gasteiger partial charge in [-0.1, -0.05) is 18.2 Å². The van der Waals surface area contributed by atoms with Crippen molar-refractivity contribution in [1.82, 2.24) is 31.5 Å². The van der Waals surface area contributed by atoms with Crippen molar-refractivity contribution < 1.29 is 4.79 Å². The van der Waals surface area contributed by atoms with Gasteiger partial charge in [-0.2, -0.15) is 0 Å². The first kappa shape index (κ1) is 19.9. The van der Waals surface area contributed by atoms with Crippen LogP contribution in [-0.4, -0.2) is 62.8 Å². The van der Waals surface area contributed by atoms with E-state index in [4.69, 9.17) is 0 Å². The van der Waals surface area contributed by atoms with Gasteiger partial charge in [0.05, 0.1) is 6.17 Å². The first-order valence-corrected chi connectivity index (χ1v) is 9.81. The lowest BCUT2D eigenvalue weighted by Gasteiger charge is -2.37. The maximum Gasteiger partial charge on any atom is 0.318 e. The Bertz CT molecular complexity index is 624. The molecule has 2 amide bonds. The van der Waals surface area contributed by atoms with E-state index in [-0.39, 0.29) is 24.7 Å². The summed E-state index contributed by atoms with van der Waals surface area (Å²) in [6.45, 7) is 4.02. The number of likely N-dealkylation sites (N-methyl/N-ethyl adjacent to an activating group) is 1. The monoisotopic (exact) mass is 375 g/mol. The van der Waals surface area contributed by atoms with Crippen molar-refractivity contribution in [3.05, 3.63) is 29.8 Å². The van der Waals surface area contributed by atoms with E-state index in [1.165, 1.54) is 5.56 Å². The van der Waals surface area contributed by atoms with Crippen molar-refractivity contribution in [1.29, 1.82) is 0 Å². The maximum absolute atomic E-state index is 12.4. The third-order valence-electron chi connectivity index (χ3n) is 4.99. The number of amides is 2.